The molecule has 2 aromatic carbocycles. The molecule has 3 rings (SSSR count). The van der Waals surface area contributed by atoms with E-state index in [0.29, 0.717) is 23.6 Å². The van der Waals surface area contributed by atoms with Gasteiger partial charge in [0.1, 0.15) is 12.7 Å². The Balaban J connectivity index is 1.69. The molecule has 1 N–H and O–H groups in total. The van der Waals surface area contributed by atoms with Crippen LogP contribution in [0, 0.1) is 3.57 Å². The predicted octanol–water partition coefficient (Wildman–Crippen LogP) is 2.82. The molecule has 134 valence electrons. The number of hydrogen-bond acceptors (Lipinski definition) is 5. The van der Waals surface area contributed by atoms with E-state index in [2.05, 4.69) is 38.0 Å². The molecule has 1 aromatic heterocycles. The summed E-state index contributed by atoms with van der Waals surface area (Å²) >= 11 is 2.11. The molecule has 0 unspecified atom stereocenters. The molecule has 0 atom stereocenters. The van der Waals surface area contributed by atoms with Crippen molar-refractivity contribution >= 4 is 28.5 Å². The van der Waals surface area contributed by atoms with E-state index in [-0.39, 0.29) is 5.91 Å². The van der Waals surface area contributed by atoms with E-state index in [0.717, 1.165) is 14.8 Å². The molecule has 1 heterocycles. The summed E-state index contributed by atoms with van der Waals surface area (Å²) in [6, 6.07) is 11.2. The SMILES string of the molecule is COc1cc(I)c(C(=O)NCc2ccc(-n3cncn3)cc2)cc1OC. The number of amides is 1. The number of ether oxygens (including phenoxy) is 2. The second-order valence-corrected chi connectivity index (χ2v) is 6.54. The standard InChI is InChI=1S/C18H17IN4O3/c1-25-16-7-14(15(19)8-17(16)26-2)18(24)21-9-12-3-5-13(6-4-12)23-11-20-10-22-23/h3-8,10-11H,9H2,1-2H3,(H,21,24). The van der Waals surface area contributed by atoms with E-state index < -0.39 is 0 Å². The first-order chi connectivity index (χ1) is 12.6. The molecule has 0 bridgehead atoms. The third-order valence-electron chi connectivity index (χ3n) is 3.79. The fourth-order valence-electron chi connectivity index (χ4n) is 2.41. The highest BCUT2D eigenvalue weighted by atomic mass is 127. The van der Waals surface area contributed by atoms with E-state index in [4.69, 9.17) is 9.47 Å². The van der Waals surface area contributed by atoms with Crippen molar-refractivity contribution in [3.05, 3.63) is 63.7 Å². The molecule has 0 saturated carbocycles. The lowest BCUT2D eigenvalue weighted by Gasteiger charge is -2.12. The third-order valence-corrected chi connectivity index (χ3v) is 4.68. The highest BCUT2D eigenvalue weighted by Gasteiger charge is 2.15. The molecular formula is C18H17IN4O3. The van der Waals surface area contributed by atoms with Gasteiger partial charge in [0, 0.05) is 10.1 Å². The second-order valence-electron chi connectivity index (χ2n) is 5.38. The number of carbonyl (C=O) groups excluding carboxylic acids is 1. The van der Waals surface area contributed by atoms with E-state index >= 15 is 0 Å². The number of nitrogens with one attached hydrogen (secondary N) is 1. The van der Waals surface area contributed by atoms with Gasteiger partial charge in [0.25, 0.3) is 5.91 Å². The Labute approximate surface area is 164 Å². The van der Waals surface area contributed by atoms with Crippen molar-refractivity contribution < 1.29 is 14.3 Å². The molecule has 1 amide bonds. The highest BCUT2D eigenvalue weighted by Crippen LogP contribution is 2.31. The largest absolute Gasteiger partial charge is 0.493 e. The van der Waals surface area contributed by atoms with Gasteiger partial charge in [-0.1, -0.05) is 12.1 Å². The number of benzene rings is 2. The van der Waals surface area contributed by atoms with Crippen molar-refractivity contribution in [2.45, 2.75) is 6.54 Å². The van der Waals surface area contributed by atoms with Crippen molar-refractivity contribution in [2.75, 3.05) is 14.2 Å². The van der Waals surface area contributed by atoms with Gasteiger partial charge in [0.05, 0.1) is 25.5 Å². The molecule has 0 aliphatic carbocycles. The van der Waals surface area contributed by atoms with E-state index in [1.807, 2.05) is 24.3 Å². The van der Waals surface area contributed by atoms with Gasteiger partial charge in [0.15, 0.2) is 11.5 Å². The molecule has 7 nitrogen and oxygen atoms in total. The summed E-state index contributed by atoms with van der Waals surface area (Å²) in [7, 11) is 3.11. The topological polar surface area (TPSA) is 78.3 Å². The zero-order valence-electron chi connectivity index (χ0n) is 14.3. The van der Waals surface area contributed by atoms with E-state index in [1.54, 1.807) is 37.4 Å². The van der Waals surface area contributed by atoms with Crippen LogP contribution >= 0.6 is 22.6 Å². The Kier molecular flexibility index (Phi) is 5.71. The summed E-state index contributed by atoms with van der Waals surface area (Å²) < 4.78 is 13.0. The van der Waals surface area contributed by atoms with E-state index in [9.17, 15) is 4.79 Å². The first kappa shape index (κ1) is 18.2. The Morgan fingerprint density at radius 2 is 1.85 bits per heavy atom. The number of methoxy groups -OCH3 is 2. The molecule has 3 aromatic rings. The first-order valence-electron chi connectivity index (χ1n) is 7.76. The lowest BCUT2D eigenvalue weighted by molar-refractivity contribution is 0.0949. The maximum atomic E-state index is 12.5. The molecule has 0 fully saturated rings. The van der Waals surface area contributed by atoms with Gasteiger partial charge in [-0.15, -0.1) is 0 Å². The van der Waals surface area contributed by atoms with Crippen LogP contribution in [-0.2, 0) is 6.54 Å². The maximum Gasteiger partial charge on any atom is 0.252 e. The Morgan fingerprint density at radius 1 is 1.15 bits per heavy atom. The fourth-order valence-corrected chi connectivity index (χ4v) is 3.10. The van der Waals surface area contributed by atoms with Crippen LogP contribution in [0.5, 0.6) is 11.5 Å². The average molecular weight is 464 g/mol. The second kappa shape index (κ2) is 8.17. The summed E-state index contributed by atoms with van der Waals surface area (Å²) in [5.74, 6) is 0.947. The third kappa shape index (κ3) is 3.96. The summed E-state index contributed by atoms with van der Waals surface area (Å²) in [5.41, 5.74) is 2.44. The van der Waals surface area contributed by atoms with Crippen LogP contribution in [-0.4, -0.2) is 34.9 Å². The van der Waals surface area contributed by atoms with Crippen LogP contribution in [0.1, 0.15) is 15.9 Å². The number of nitrogens with zero attached hydrogens (tertiary/aromatic N) is 3. The Bertz CT molecular complexity index is 896. The number of aromatic nitrogens is 3. The Morgan fingerprint density at radius 3 is 2.46 bits per heavy atom. The van der Waals surface area contributed by atoms with Crippen molar-refractivity contribution in [3.63, 3.8) is 0 Å². The normalized spacial score (nSPS) is 10.4. The number of hydrogen-bond donors (Lipinski definition) is 1. The van der Waals surface area contributed by atoms with E-state index in [1.165, 1.54) is 6.33 Å². The summed E-state index contributed by atoms with van der Waals surface area (Å²) in [6.07, 6.45) is 3.12. The lowest BCUT2D eigenvalue weighted by atomic mass is 10.1. The number of carbonyl (C=O) groups is 1. The minimum absolute atomic E-state index is 0.171. The molecule has 0 radical (unpaired) electrons. The lowest BCUT2D eigenvalue weighted by Crippen LogP contribution is -2.23. The molecule has 0 spiro atoms. The van der Waals surface area contributed by atoms with Crippen LogP contribution < -0.4 is 14.8 Å². The minimum atomic E-state index is -0.171. The van der Waals surface area contributed by atoms with Crippen LogP contribution in [0.25, 0.3) is 5.69 Å². The number of halogens is 1. The first-order valence-corrected chi connectivity index (χ1v) is 8.84. The van der Waals surface area contributed by atoms with Crippen LogP contribution in [0.4, 0.5) is 0 Å². The zero-order valence-corrected chi connectivity index (χ0v) is 16.4. The van der Waals surface area contributed by atoms with Crippen LogP contribution in [0.3, 0.4) is 0 Å². The quantitative estimate of drug-likeness (QED) is 0.568. The van der Waals surface area contributed by atoms with Crippen molar-refractivity contribution in [3.8, 4) is 17.2 Å². The van der Waals surface area contributed by atoms with Gasteiger partial charge in [-0.2, -0.15) is 5.10 Å². The minimum Gasteiger partial charge on any atom is -0.493 e. The average Bonchev–Trinajstić information content (AvgIpc) is 3.21. The summed E-state index contributed by atoms with van der Waals surface area (Å²) in [6.45, 7) is 0.418. The molecule has 26 heavy (non-hydrogen) atoms. The summed E-state index contributed by atoms with van der Waals surface area (Å²) in [4.78, 5) is 16.4. The molecular weight excluding hydrogens is 447 g/mol. The fraction of sp³-hybridized carbons (Fsp3) is 0.167. The molecule has 8 heteroatoms. The Hall–Kier alpha value is -2.62. The van der Waals surface area contributed by atoms with Gasteiger partial charge in [-0.05, 0) is 52.4 Å². The monoisotopic (exact) mass is 464 g/mol. The molecule has 0 aliphatic heterocycles. The molecule has 0 aliphatic rings. The van der Waals surface area contributed by atoms with Gasteiger partial charge in [-0.25, -0.2) is 9.67 Å². The zero-order chi connectivity index (χ0) is 18.5. The summed E-state index contributed by atoms with van der Waals surface area (Å²) in [5, 5.41) is 7.01. The van der Waals surface area contributed by atoms with Crippen LogP contribution in [0.2, 0.25) is 0 Å². The van der Waals surface area contributed by atoms with Crippen LogP contribution in [0.15, 0.2) is 49.1 Å². The van der Waals surface area contributed by atoms with Gasteiger partial charge in [0.2, 0.25) is 0 Å². The smallest absolute Gasteiger partial charge is 0.252 e. The maximum absolute atomic E-state index is 12.5. The molecule has 0 saturated heterocycles. The number of rotatable bonds is 6. The van der Waals surface area contributed by atoms with Gasteiger partial charge in [-0.3, -0.25) is 4.79 Å². The highest BCUT2D eigenvalue weighted by molar-refractivity contribution is 14.1. The van der Waals surface area contributed by atoms with Gasteiger partial charge >= 0.3 is 0 Å². The predicted molar refractivity (Wildman–Crippen MR) is 105 cm³/mol. The van der Waals surface area contributed by atoms with Crippen molar-refractivity contribution in [1.82, 2.24) is 20.1 Å². The van der Waals surface area contributed by atoms with Crippen molar-refractivity contribution in [1.29, 1.82) is 0 Å². The van der Waals surface area contributed by atoms with Crippen molar-refractivity contribution in [2.24, 2.45) is 0 Å². The van der Waals surface area contributed by atoms with Gasteiger partial charge < -0.3 is 14.8 Å².